The fraction of sp³-hybridized carbons (Fsp3) is 0.0278. The SMILES string of the molecule is C1=CC2c3cc(-c4ccc5c(c4)c4ccccc4n5-c4ccc(-c5ccccc5)cc4)ccc3N(c3ccc(-c4cccc(-c5ccc(-c6cccc(-c7cccc(-c8ccccc8)c7)c6)cc5)c4)cc3)C2C=C1. The lowest BCUT2D eigenvalue weighted by atomic mass is 9.89. The van der Waals surface area contributed by atoms with Gasteiger partial charge in [0.25, 0.3) is 0 Å². The zero-order valence-corrected chi connectivity index (χ0v) is 40.8. The van der Waals surface area contributed by atoms with Gasteiger partial charge in [0, 0.05) is 33.8 Å². The summed E-state index contributed by atoms with van der Waals surface area (Å²) < 4.78 is 2.41. The number of nitrogens with zero attached hydrogens (tertiary/aromatic N) is 2. The van der Waals surface area contributed by atoms with E-state index in [4.69, 9.17) is 0 Å². The summed E-state index contributed by atoms with van der Waals surface area (Å²) in [5.74, 6) is 0.253. The fourth-order valence-corrected chi connectivity index (χ4v) is 11.6. The van der Waals surface area contributed by atoms with Crippen LogP contribution in [0.3, 0.4) is 0 Å². The molecule has 2 nitrogen and oxygen atoms in total. The Morgan fingerprint density at radius 1 is 0.257 bits per heavy atom. The second-order valence-electron chi connectivity index (χ2n) is 19.7. The number of benzene rings is 11. The predicted octanol–water partition coefficient (Wildman–Crippen LogP) is 19.2. The van der Waals surface area contributed by atoms with E-state index >= 15 is 0 Å². The van der Waals surface area contributed by atoms with Gasteiger partial charge in [-0.05, 0) is 156 Å². The molecule has 0 N–H and O–H groups in total. The maximum Gasteiger partial charge on any atom is 0.0629 e. The van der Waals surface area contributed by atoms with Gasteiger partial charge in [-0.2, -0.15) is 0 Å². The number of rotatable bonds is 9. The van der Waals surface area contributed by atoms with Crippen molar-refractivity contribution >= 4 is 33.2 Å². The van der Waals surface area contributed by atoms with Crippen LogP contribution in [0.1, 0.15) is 11.5 Å². The minimum Gasteiger partial charge on any atom is -0.333 e. The molecule has 12 aromatic rings. The fourth-order valence-electron chi connectivity index (χ4n) is 11.6. The van der Waals surface area contributed by atoms with Crippen LogP contribution in [0.5, 0.6) is 0 Å². The molecule has 0 saturated heterocycles. The molecule has 1 aliphatic carbocycles. The molecule has 2 atom stereocenters. The maximum atomic E-state index is 2.53. The van der Waals surface area contributed by atoms with Crippen molar-refractivity contribution in [1.29, 1.82) is 0 Å². The quantitative estimate of drug-likeness (QED) is 0.140. The van der Waals surface area contributed by atoms with E-state index in [0.29, 0.717) is 0 Å². The first kappa shape index (κ1) is 43.3. The van der Waals surface area contributed by atoms with Crippen LogP contribution in [-0.2, 0) is 0 Å². The average Bonchev–Trinajstić information content (AvgIpc) is 4.00. The van der Waals surface area contributed by atoms with Crippen molar-refractivity contribution in [3.63, 3.8) is 0 Å². The maximum absolute atomic E-state index is 2.53. The number of allylic oxidation sites excluding steroid dienone is 2. The van der Waals surface area contributed by atoms with Gasteiger partial charge in [-0.25, -0.2) is 0 Å². The Balaban J connectivity index is 0.721. The molecule has 74 heavy (non-hydrogen) atoms. The number of para-hydroxylation sites is 1. The van der Waals surface area contributed by atoms with Gasteiger partial charge in [-0.1, -0.05) is 218 Å². The standard InChI is InChI=1S/C72H50N2/c1-3-14-49(15-4-1)51-32-38-63(39-33-51)73-69-26-9-7-24-65(69)67-47-61(36-42-71(67)73)62-37-43-72-68(48-62)66-25-8-10-27-70(66)74(72)64-40-34-54(35-41-64)57-20-11-19-56(44-57)52-28-30-53(31-29-52)58-21-13-23-60(46-58)59-22-12-18-55(45-59)50-16-5-2-6-17-50/h1-48,66,70H. The minimum atomic E-state index is 0.199. The minimum absolute atomic E-state index is 0.199. The monoisotopic (exact) mass is 942 g/mol. The van der Waals surface area contributed by atoms with Gasteiger partial charge in [-0.15, -0.1) is 0 Å². The van der Waals surface area contributed by atoms with Crippen LogP contribution in [0.15, 0.2) is 291 Å². The molecule has 0 saturated carbocycles. The number of hydrogen-bond donors (Lipinski definition) is 0. The molecule has 1 aliphatic heterocycles. The van der Waals surface area contributed by atoms with Gasteiger partial charge >= 0.3 is 0 Å². The van der Waals surface area contributed by atoms with Crippen LogP contribution < -0.4 is 4.90 Å². The normalized spacial score (nSPS) is 14.6. The Bertz CT molecular complexity index is 4100. The van der Waals surface area contributed by atoms with Gasteiger partial charge in [0.15, 0.2) is 0 Å². The van der Waals surface area contributed by atoms with Crippen molar-refractivity contribution in [3.05, 3.63) is 297 Å². The van der Waals surface area contributed by atoms with Crippen LogP contribution in [0.4, 0.5) is 11.4 Å². The topological polar surface area (TPSA) is 8.17 Å². The summed E-state index contributed by atoms with van der Waals surface area (Å²) in [4.78, 5) is 2.53. The molecule has 0 amide bonds. The average molecular weight is 943 g/mol. The molecule has 348 valence electrons. The zero-order valence-electron chi connectivity index (χ0n) is 40.8. The highest BCUT2D eigenvalue weighted by molar-refractivity contribution is 6.10. The molecule has 0 radical (unpaired) electrons. The smallest absolute Gasteiger partial charge is 0.0629 e. The van der Waals surface area contributed by atoms with Crippen molar-refractivity contribution in [3.8, 4) is 83.6 Å². The lowest BCUT2D eigenvalue weighted by Crippen LogP contribution is -2.28. The highest BCUT2D eigenvalue weighted by atomic mass is 15.2. The first-order valence-electron chi connectivity index (χ1n) is 25.7. The highest BCUT2D eigenvalue weighted by Crippen LogP contribution is 2.49. The van der Waals surface area contributed by atoms with Gasteiger partial charge in [0.05, 0.1) is 17.1 Å². The lowest BCUT2D eigenvalue weighted by Gasteiger charge is -2.28. The van der Waals surface area contributed by atoms with Crippen molar-refractivity contribution in [2.24, 2.45) is 0 Å². The van der Waals surface area contributed by atoms with E-state index < -0.39 is 0 Å². The molecular formula is C72H50N2. The third-order valence-corrected chi connectivity index (χ3v) is 15.3. The molecule has 2 heterocycles. The summed E-state index contributed by atoms with van der Waals surface area (Å²) >= 11 is 0. The second-order valence-corrected chi connectivity index (χ2v) is 19.7. The van der Waals surface area contributed by atoms with E-state index in [1.54, 1.807) is 0 Å². The van der Waals surface area contributed by atoms with Crippen molar-refractivity contribution in [2.75, 3.05) is 4.90 Å². The number of hydrogen-bond acceptors (Lipinski definition) is 1. The number of fused-ring (bicyclic) bond motifs is 6. The molecule has 14 rings (SSSR count). The molecule has 0 fully saturated rings. The van der Waals surface area contributed by atoms with Gasteiger partial charge in [-0.3, -0.25) is 0 Å². The Hall–Kier alpha value is -9.50. The molecule has 0 bridgehead atoms. The zero-order chi connectivity index (χ0) is 49.0. The highest BCUT2D eigenvalue weighted by Gasteiger charge is 2.37. The molecular weight excluding hydrogens is 893 g/mol. The van der Waals surface area contributed by atoms with Crippen LogP contribution >= 0.6 is 0 Å². The predicted molar refractivity (Wildman–Crippen MR) is 312 cm³/mol. The second kappa shape index (κ2) is 18.3. The van der Waals surface area contributed by atoms with E-state index in [1.165, 1.54) is 117 Å². The third kappa shape index (κ3) is 7.76. The van der Waals surface area contributed by atoms with E-state index in [-0.39, 0.29) is 12.0 Å². The molecule has 0 spiro atoms. The summed E-state index contributed by atoms with van der Waals surface area (Å²) in [6.45, 7) is 0. The summed E-state index contributed by atoms with van der Waals surface area (Å²) in [6.07, 6.45) is 9.16. The molecule has 2 unspecified atom stereocenters. The molecule has 1 aromatic heterocycles. The first-order chi connectivity index (χ1) is 36.7. The van der Waals surface area contributed by atoms with E-state index in [1.807, 2.05) is 0 Å². The van der Waals surface area contributed by atoms with E-state index in [0.717, 1.165) is 5.69 Å². The number of aromatic nitrogens is 1. The van der Waals surface area contributed by atoms with Crippen molar-refractivity contribution in [1.82, 2.24) is 4.57 Å². The van der Waals surface area contributed by atoms with Gasteiger partial charge in [0.1, 0.15) is 0 Å². The summed E-state index contributed by atoms with van der Waals surface area (Å²) in [5, 5.41) is 2.52. The van der Waals surface area contributed by atoms with Crippen LogP contribution in [-0.4, -0.2) is 10.6 Å². The van der Waals surface area contributed by atoms with Crippen LogP contribution in [0, 0.1) is 0 Å². The lowest BCUT2D eigenvalue weighted by molar-refractivity contribution is 0.745. The van der Waals surface area contributed by atoms with Crippen LogP contribution in [0.2, 0.25) is 0 Å². The van der Waals surface area contributed by atoms with Gasteiger partial charge in [0.2, 0.25) is 0 Å². The Morgan fingerprint density at radius 2 is 0.649 bits per heavy atom. The van der Waals surface area contributed by atoms with Crippen molar-refractivity contribution < 1.29 is 0 Å². The van der Waals surface area contributed by atoms with Crippen molar-refractivity contribution in [2.45, 2.75) is 12.0 Å². The number of anilines is 2. The van der Waals surface area contributed by atoms with Gasteiger partial charge < -0.3 is 9.47 Å². The first-order valence-corrected chi connectivity index (χ1v) is 25.7. The molecule has 11 aromatic carbocycles. The third-order valence-electron chi connectivity index (χ3n) is 15.3. The Labute approximate surface area is 432 Å². The van der Waals surface area contributed by atoms with E-state index in [9.17, 15) is 0 Å². The molecule has 2 aliphatic rings. The Morgan fingerprint density at radius 3 is 1.24 bits per heavy atom. The molecule has 2 heteroatoms. The van der Waals surface area contributed by atoms with Crippen LogP contribution in [0.25, 0.3) is 105 Å². The Kier molecular flexibility index (Phi) is 10.7. The summed E-state index contributed by atoms with van der Waals surface area (Å²) in [5.41, 5.74) is 24.4. The summed E-state index contributed by atoms with van der Waals surface area (Å²) in [6, 6.07) is 98.1. The summed E-state index contributed by atoms with van der Waals surface area (Å²) in [7, 11) is 0. The largest absolute Gasteiger partial charge is 0.333 e. The van der Waals surface area contributed by atoms with E-state index in [2.05, 4.69) is 301 Å².